The topological polar surface area (TPSA) is 98.9 Å². The highest BCUT2D eigenvalue weighted by atomic mass is 16.2. The lowest BCUT2D eigenvalue weighted by Gasteiger charge is -2.31. The second-order valence-corrected chi connectivity index (χ2v) is 6.17. The molecule has 3 heterocycles. The summed E-state index contributed by atoms with van der Waals surface area (Å²) in [5, 5.41) is 0. The zero-order valence-corrected chi connectivity index (χ0v) is 13.8. The van der Waals surface area contributed by atoms with Crippen molar-refractivity contribution in [2.45, 2.75) is 32.6 Å². The SMILES string of the molecule is CC(=O)c1cc(C(=O)N2CCCC(c3ncc[nH]3)C2)c(=O)[nH]c1C. The third kappa shape index (κ3) is 3.02. The van der Waals surface area contributed by atoms with Crippen LogP contribution in [-0.2, 0) is 0 Å². The number of amides is 1. The quantitative estimate of drug-likeness (QED) is 0.837. The standard InChI is InChI=1S/C17H20N4O3/c1-10-13(11(2)22)8-14(16(23)20-10)17(24)21-7-3-4-12(9-21)15-18-5-6-19-15/h5-6,8,12H,3-4,7,9H2,1-2H3,(H,18,19)(H,20,23). The zero-order chi connectivity index (χ0) is 17.3. The van der Waals surface area contributed by atoms with Crippen molar-refractivity contribution in [2.75, 3.05) is 13.1 Å². The number of aromatic amines is 2. The average Bonchev–Trinajstić information content (AvgIpc) is 3.08. The van der Waals surface area contributed by atoms with Crippen molar-refractivity contribution in [1.82, 2.24) is 19.9 Å². The number of ketones is 1. The fourth-order valence-electron chi connectivity index (χ4n) is 3.20. The first-order chi connectivity index (χ1) is 11.5. The number of Topliss-reactive ketones (excluding diaryl/α,β-unsaturated/α-hetero) is 1. The maximum absolute atomic E-state index is 12.8. The number of hydrogen-bond acceptors (Lipinski definition) is 4. The summed E-state index contributed by atoms with van der Waals surface area (Å²) in [4.78, 5) is 48.3. The first-order valence-electron chi connectivity index (χ1n) is 8.00. The minimum Gasteiger partial charge on any atom is -0.348 e. The molecule has 2 aromatic heterocycles. The van der Waals surface area contributed by atoms with E-state index in [9.17, 15) is 14.4 Å². The summed E-state index contributed by atoms with van der Waals surface area (Å²) in [5.41, 5.74) is 0.419. The second kappa shape index (κ2) is 6.43. The lowest BCUT2D eigenvalue weighted by atomic mass is 9.96. The van der Waals surface area contributed by atoms with Crippen LogP contribution in [0, 0.1) is 6.92 Å². The van der Waals surface area contributed by atoms with Gasteiger partial charge in [0.05, 0.1) is 0 Å². The van der Waals surface area contributed by atoms with Crippen LogP contribution in [0.5, 0.6) is 0 Å². The van der Waals surface area contributed by atoms with Gasteiger partial charge in [-0.25, -0.2) is 4.98 Å². The monoisotopic (exact) mass is 328 g/mol. The molecular weight excluding hydrogens is 308 g/mol. The molecule has 0 aliphatic carbocycles. The summed E-state index contributed by atoms with van der Waals surface area (Å²) in [6.07, 6.45) is 5.25. The minimum atomic E-state index is -0.456. The van der Waals surface area contributed by atoms with Crippen LogP contribution in [0.2, 0.25) is 0 Å². The van der Waals surface area contributed by atoms with Gasteiger partial charge >= 0.3 is 0 Å². The molecule has 126 valence electrons. The summed E-state index contributed by atoms with van der Waals surface area (Å²) in [6, 6.07) is 1.41. The molecule has 7 heteroatoms. The Balaban J connectivity index is 1.87. The van der Waals surface area contributed by atoms with Crippen molar-refractivity contribution in [3.63, 3.8) is 0 Å². The first-order valence-corrected chi connectivity index (χ1v) is 8.00. The van der Waals surface area contributed by atoms with Gasteiger partial charge in [-0.3, -0.25) is 14.4 Å². The number of aryl methyl sites for hydroxylation is 1. The normalized spacial score (nSPS) is 17.8. The number of imidazole rings is 1. The van der Waals surface area contributed by atoms with Gasteiger partial charge in [0.15, 0.2) is 5.78 Å². The van der Waals surface area contributed by atoms with Gasteiger partial charge in [-0.05, 0) is 32.8 Å². The van der Waals surface area contributed by atoms with E-state index < -0.39 is 5.56 Å². The number of H-pyrrole nitrogens is 2. The summed E-state index contributed by atoms with van der Waals surface area (Å²) >= 11 is 0. The van der Waals surface area contributed by atoms with Gasteiger partial charge in [0.1, 0.15) is 11.4 Å². The average molecular weight is 328 g/mol. The molecule has 1 unspecified atom stereocenters. The predicted octanol–water partition coefficient (Wildman–Crippen LogP) is 1.63. The third-order valence-corrected chi connectivity index (χ3v) is 4.46. The molecule has 0 spiro atoms. The Kier molecular flexibility index (Phi) is 4.33. The van der Waals surface area contributed by atoms with Gasteiger partial charge in [-0.1, -0.05) is 0 Å². The van der Waals surface area contributed by atoms with Crippen molar-refractivity contribution in [1.29, 1.82) is 0 Å². The fourth-order valence-corrected chi connectivity index (χ4v) is 3.20. The molecule has 7 nitrogen and oxygen atoms in total. The van der Waals surface area contributed by atoms with Gasteiger partial charge in [0.2, 0.25) is 0 Å². The largest absolute Gasteiger partial charge is 0.348 e. The Morgan fingerprint density at radius 2 is 2.12 bits per heavy atom. The number of aromatic nitrogens is 3. The van der Waals surface area contributed by atoms with Gasteiger partial charge < -0.3 is 14.9 Å². The molecule has 1 saturated heterocycles. The van der Waals surface area contributed by atoms with Crippen LogP contribution in [0.15, 0.2) is 23.3 Å². The van der Waals surface area contributed by atoms with Crippen LogP contribution in [0.3, 0.4) is 0 Å². The highest BCUT2D eigenvalue weighted by Crippen LogP contribution is 2.25. The van der Waals surface area contributed by atoms with E-state index in [1.165, 1.54) is 13.0 Å². The molecule has 2 aromatic rings. The molecule has 0 aromatic carbocycles. The molecule has 0 radical (unpaired) electrons. The van der Waals surface area contributed by atoms with Crippen LogP contribution in [0.25, 0.3) is 0 Å². The van der Waals surface area contributed by atoms with E-state index in [-0.39, 0.29) is 23.2 Å². The summed E-state index contributed by atoms with van der Waals surface area (Å²) in [5.74, 6) is 0.476. The van der Waals surface area contributed by atoms with Crippen LogP contribution in [0.1, 0.15) is 57.9 Å². The minimum absolute atomic E-state index is 0.0193. The highest BCUT2D eigenvalue weighted by Gasteiger charge is 2.28. The molecule has 24 heavy (non-hydrogen) atoms. The Hall–Kier alpha value is -2.70. The van der Waals surface area contributed by atoms with Crippen molar-refractivity contribution < 1.29 is 9.59 Å². The predicted molar refractivity (Wildman–Crippen MR) is 88.3 cm³/mol. The van der Waals surface area contributed by atoms with E-state index in [4.69, 9.17) is 0 Å². The Labute approximate surface area is 139 Å². The molecule has 1 aliphatic rings. The molecule has 0 bridgehead atoms. The van der Waals surface area contributed by atoms with Gasteiger partial charge in [-0.15, -0.1) is 0 Å². The fraction of sp³-hybridized carbons (Fsp3) is 0.412. The maximum Gasteiger partial charge on any atom is 0.261 e. The summed E-state index contributed by atoms with van der Waals surface area (Å²) in [7, 11) is 0. The second-order valence-electron chi connectivity index (χ2n) is 6.17. The highest BCUT2D eigenvalue weighted by molar-refractivity contribution is 5.99. The third-order valence-electron chi connectivity index (χ3n) is 4.46. The molecule has 1 aliphatic heterocycles. The zero-order valence-electron chi connectivity index (χ0n) is 13.8. The van der Waals surface area contributed by atoms with E-state index in [2.05, 4.69) is 15.0 Å². The van der Waals surface area contributed by atoms with E-state index in [0.717, 1.165) is 18.7 Å². The van der Waals surface area contributed by atoms with Crippen LogP contribution >= 0.6 is 0 Å². The first kappa shape index (κ1) is 16.2. The number of pyridine rings is 1. The molecule has 3 rings (SSSR count). The summed E-state index contributed by atoms with van der Waals surface area (Å²) < 4.78 is 0. The number of nitrogens with zero attached hydrogens (tertiary/aromatic N) is 2. The number of piperidine rings is 1. The van der Waals surface area contributed by atoms with Gasteiger partial charge in [0, 0.05) is 42.7 Å². The van der Waals surface area contributed by atoms with Crippen molar-refractivity contribution in [3.8, 4) is 0 Å². The lowest BCUT2D eigenvalue weighted by molar-refractivity contribution is 0.0703. The molecule has 1 atom stereocenters. The Bertz CT molecular complexity index is 823. The Morgan fingerprint density at radius 1 is 1.33 bits per heavy atom. The van der Waals surface area contributed by atoms with Crippen molar-refractivity contribution in [2.24, 2.45) is 0 Å². The number of carbonyl (C=O) groups excluding carboxylic acids is 2. The number of likely N-dealkylation sites (tertiary alicyclic amines) is 1. The number of carbonyl (C=O) groups is 2. The number of hydrogen-bond donors (Lipinski definition) is 2. The Morgan fingerprint density at radius 3 is 2.79 bits per heavy atom. The number of rotatable bonds is 3. The van der Waals surface area contributed by atoms with Crippen molar-refractivity contribution >= 4 is 11.7 Å². The van der Waals surface area contributed by atoms with Crippen molar-refractivity contribution in [3.05, 3.63) is 51.5 Å². The maximum atomic E-state index is 12.8. The van der Waals surface area contributed by atoms with Gasteiger partial charge in [0.25, 0.3) is 11.5 Å². The summed E-state index contributed by atoms with van der Waals surface area (Å²) in [6.45, 7) is 4.18. The van der Waals surface area contributed by atoms with E-state index in [1.54, 1.807) is 24.2 Å². The molecule has 1 amide bonds. The number of nitrogens with one attached hydrogen (secondary N) is 2. The van der Waals surface area contributed by atoms with E-state index >= 15 is 0 Å². The van der Waals surface area contributed by atoms with Crippen LogP contribution in [-0.4, -0.2) is 44.6 Å². The van der Waals surface area contributed by atoms with E-state index in [0.29, 0.717) is 24.3 Å². The lowest BCUT2D eigenvalue weighted by Crippen LogP contribution is -2.41. The molecule has 0 saturated carbocycles. The smallest absolute Gasteiger partial charge is 0.261 e. The molecular formula is C17H20N4O3. The molecule has 1 fully saturated rings. The van der Waals surface area contributed by atoms with Crippen LogP contribution in [0.4, 0.5) is 0 Å². The van der Waals surface area contributed by atoms with E-state index in [1.807, 2.05) is 0 Å². The van der Waals surface area contributed by atoms with Gasteiger partial charge in [-0.2, -0.15) is 0 Å². The molecule has 2 N–H and O–H groups in total. The van der Waals surface area contributed by atoms with Crippen LogP contribution < -0.4 is 5.56 Å².